The molecule has 134 valence electrons. The first-order valence-electron chi connectivity index (χ1n) is 8.81. The molecule has 3 aromatic rings. The van der Waals surface area contributed by atoms with Crippen molar-refractivity contribution in [3.8, 4) is 5.75 Å². The van der Waals surface area contributed by atoms with E-state index in [2.05, 4.69) is 10.3 Å². The highest BCUT2D eigenvalue weighted by Crippen LogP contribution is 2.51. The number of halogens is 1. The number of methoxy groups -OCH3 is 1. The second kappa shape index (κ2) is 6.48. The van der Waals surface area contributed by atoms with Gasteiger partial charge in [-0.25, -0.2) is 4.39 Å². The first-order valence-corrected chi connectivity index (χ1v) is 8.81. The van der Waals surface area contributed by atoms with Crippen LogP contribution in [0.15, 0.2) is 48.7 Å². The van der Waals surface area contributed by atoms with E-state index in [1.165, 1.54) is 6.07 Å². The third kappa shape index (κ3) is 2.83. The van der Waals surface area contributed by atoms with Gasteiger partial charge < -0.3 is 15.0 Å². The number of carbonyl (C=O) groups excluding carboxylic acids is 1. The predicted octanol–water partition coefficient (Wildman–Crippen LogP) is 3.71. The van der Waals surface area contributed by atoms with E-state index < -0.39 is 5.41 Å². The van der Waals surface area contributed by atoms with E-state index in [1.807, 2.05) is 30.5 Å². The Morgan fingerprint density at radius 2 is 2.08 bits per heavy atom. The standard InChI is InChI=1S/C21H21FN2O2/c1-26-15-6-7-19-16(12-15)17(13-24-19)21(9-10-21)20(25)23-11-8-14-4-2-3-5-18(14)22/h2-7,12-13,24H,8-11H2,1H3,(H,23,25). The number of amides is 1. The molecule has 1 aliphatic rings. The lowest BCUT2D eigenvalue weighted by molar-refractivity contribution is -0.123. The molecule has 0 saturated heterocycles. The number of aromatic amines is 1. The van der Waals surface area contributed by atoms with Gasteiger partial charge in [-0.15, -0.1) is 0 Å². The molecule has 1 aromatic heterocycles. The fourth-order valence-electron chi connectivity index (χ4n) is 3.55. The lowest BCUT2D eigenvalue weighted by Gasteiger charge is -2.15. The highest BCUT2D eigenvalue weighted by atomic mass is 19.1. The molecule has 0 radical (unpaired) electrons. The molecular formula is C21H21FN2O2. The highest BCUT2D eigenvalue weighted by Gasteiger charge is 2.52. The van der Waals surface area contributed by atoms with Gasteiger partial charge in [0.15, 0.2) is 0 Å². The molecule has 2 N–H and O–H groups in total. The Labute approximate surface area is 151 Å². The molecule has 0 unspecified atom stereocenters. The molecule has 5 heteroatoms. The third-order valence-corrected chi connectivity index (χ3v) is 5.23. The fourth-order valence-corrected chi connectivity index (χ4v) is 3.55. The maximum absolute atomic E-state index is 13.7. The van der Waals surface area contributed by atoms with Crippen LogP contribution in [-0.4, -0.2) is 24.5 Å². The van der Waals surface area contributed by atoms with Crippen molar-refractivity contribution >= 4 is 16.8 Å². The number of ether oxygens (including phenoxy) is 1. The average Bonchev–Trinajstić information content (AvgIpc) is 3.36. The zero-order chi connectivity index (χ0) is 18.1. The Hall–Kier alpha value is -2.82. The van der Waals surface area contributed by atoms with Crippen molar-refractivity contribution in [2.45, 2.75) is 24.7 Å². The summed E-state index contributed by atoms with van der Waals surface area (Å²) in [6, 6.07) is 12.5. The first-order chi connectivity index (χ1) is 12.6. The van der Waals surface area contributed by atoms with Gasteiger partial charge in [0.05, 0.1) is 12.5 Å². The molecule has 0 bridgehead atoms. The van der Waals surface area contributed by atoms with Crippen molar-refractivity contribution < 1.29 is 13.9 Å². The summed E-state index contributed by atoms with van der Waals surface area (Å²) in [5.41, 5.74) is 2.13. The quantitative estimate of drug-likeness (QED) is 0.711. The Bertz CT molecular complexity index is 960. The van der Waals surface area contributed by atoms with Crippen LogP contribution in [0.1, 0.15) is 24.0 Å². The van der Waals surface area contributed by atoms with Gasteiger partial charge in [-0.2, -0.15) is 0 Å². The summed E-state index contributed by atoms with van der Waals surface area (Å²) >= 11 is 0. The lowest BCUT2D eigenvalue weighted by atomic mass is 9.94. The number of H-pyrrole nitrogens is 1. The molecule has 1 heterocycles. The van der Waals surface area contributed by atoms with Gasteiger partial charge in [-0.3, -0.25) is 4.79 Å². The summed E-state index contributed by atoms with van der Waals surface area (Å²) in [6.45, 7) is 0.424. The number of benzene rings is 2. The van der Waals surface area contributed by atoms with Crippen molar-refractivity contribution in [2.24, 2.45) is 0 Å². The van der Waals surface area contributed by atoms with Crippen molar-refractivity contribution in [3.63, 3.8) is 0 Å². The van der Waals surface area contributed by atoms with E-state index >= 15 is 0 Å². The van der Waals surface area contributed by atoms with E-state index in [9.17, 15) is 9.18 Å². The zero-order valence-electron chi connectivity index (χ0n) is 14.6. The number of hydrogen-bond acceptors (Lipinski definition) is 2. The third-order valence-electron chi connectivity index (χ3n) is 5.23. The van der Waals surface area contributed by atoms with E-state index in [4.69, 9.17) is 4.74 Å². The van der Waals surface area contributed by atoms with Crippen LogP contribution in [0.4, 0.5) is 4.39 Å². The Morgan fingerprint density at radius 3 is 2.81 bits per heavy atom. The minimum atomic E-state index is -0.486. The normalized spacial score (nSPS) is 15.0. The van der Waals surface area contributed by atoms with Crippen LogP contribution < -0.4 is 10.1 Å². The van der Waals surface area contributed by atoms with Crippen LogP contribution in [-0.2, 0) is 16.6 Å². The van der Waals surface area contributed by atoms with Crippen LogP contribution in [0.3, 0.4) is 0 Å². The van der Waals surface area contributed by atoms with Crippen LogP contribution in [0, 0.1) is 5.82 Å². The van der Waals surface area contributed by atoms with E-state index in [-0.39, 0.29) is 11.7 Å². The molecule has 1 fully saturated rings. The monoisotopic (exact) mass is 352 g/mol. The summed E-state index contributed by atoms with van der Waals surface area (Å²) < 4.78 is 19.0. The maximum Gasteiger partial charge on any atom is 0.230 e. The Balaban J connectivity index is 1.50. The number of fused-ring (bicyclic) bond motifs is 1. The van der Waals surface area contributed by atoms with Crippen molar-refractivity contribution in [1.29, 1.82) is 0 Å². The van der Waals surface area contributed by atoms with Crippen LogP contribution in [0.2, 0.25) is 0 Å². The van der Waals surface area contributed by atoms with E-state index in [0.717, 1.165) is 35.1 Å². The molecule has 1 aliphatic carbocycles. The van der Waals surface area contributed by atoms with Crippen molar-refractivity contribution in [2.75, 3.05) is 13.7 Å². The second-order valence-electron chi connectivity index (χ2n) is 6.79. The van der Waals surface area contributed by atoms with Gasteiger partial charge >= 0.3 is 0 Å². The van der Waals surface area contributed by atoms with Gasteiger partial charge in [-0.1, -0.05) is 18.2 Å². The number of hydrogen-bond donors (Lipinski definition) is 2. The van der Waals surface area contributed by atoms with Gasteiger partial charge in [-0.05, 0) is 54.7 Å². The Kier molecular flexibility index (Phi) is 4.15. The molecule has 0 spiro atoms. The van der Waals surface area contributed by atoms with Gasteiger partial charge in [0, 0.05) is 23.6 Å². The number of carbonyl (C=O) groups is 1. The minimum absolute atomic E-state index is 0.0116. The molecule has 2 aromatic carbocycles. The van der Waals surface area contributed by atoms with E-state index in [0.29, 0.717) is 18.5 Å². The highest BCUT2D eigenvalue weighted by molar-refractivity contribution is 5.98. The average molecular weight is 352 g/mol. The molecular weight excluding hydrogens is 331 g/mol. The molecule has 26 heavy (non-hydrogen) atoms. The summed E-state index contributed by atoms with van der Waals surface area (Å²) in [5, 5.41) is 4.01. The maximum atomic E-state index is 13.7. The summed E-state index contributed by atoms with van der Waals surface area (Å²) in [5.74, 6) is 0.554. The largest absolute Gasteiger partial charge is 0.497 e. The zero-order valence-corrected chi connectivity index (χ0v) is 14.6. The number of nitrogens with one attached hydrogen (secondary N) is 2. The lowest BCUT2D eigenvalue weighted by Crippen LogP contribution is -2.35. The summed E-state index contributed by atoms with van der Waals surface area (Å²) in [4.78, 5) is 16.1. The molecule has 0 aliphatic heterocycles. The number of aromatic nitrogens is 1. The predicted molar refractivity (Wildman–Crippen MR) is 98.9 cm³/mol. The van der Waals surface area contributed by atoms with Crippen LogP contribution >= 0.6 is 0 Å². The number of rotatable bonds is 6. The molecule has 1 saturated carbocycles. The van der Waals surface area contributed by atoms with Crippen LogP contribution in [0.5, 0.6) is 5.75 Å². The summed E-state index contributed by atoms with van der Waals surface area (Å²) in [7, 11) is 1.63. The van der Waals surface area contributed by atoms with Crippen molar-refractivity contribution in [3.05, 3.63) is 65.6 Å². The second-order valence-corrected chi connectivity index (χ2v) is 6.79. The van der Waals surface area contributed by atoms with Gasteiger partial charge in [0.2, 0.25) is 5.91 Å². The molecule has 1 amide bonds. The Morgan fingerprint density at radius 1 is 1.27 bits per heavy atom. The van der Waals surface area contributed by atoms with Gasteiger partial charge in [0.25, 0.3) is 0 Å². The fraction of sp³-hybridized carbons (Fsp3) is 0.286. The topological polar surface area (TPSA) is 54.1 Å². The van der Waals surface area contributed by atoms with Gasteiger partial charge in [0.1, 0.15) is 11.6 Å². The summed E-state index contributed by atoms with van der Waals surface area (Å²) in [6.07, 6.45) is 4.05. The minimum Gasteiger partial charge on any atom is -0.497 e. The van der Waals surface area contributed by atoms with Crippen LogP contribution in [0.25, 0.3) is 10.9 Å². The smallest absolute Gasteiger partial charge is 0.230 e. The molecule has 4 nitrogen and oxygen atoms in total. The van der Waals surface area contributed by atoms with E-state index in [1.54, 1.807) is 19.2 Å². The van der Waals surface area contributed by atoms with Crippen molar-refractivity contribution in [1.82, 2.24) is 10.3 Å². The molecule has 0 atom stereocenters. The SMILES string of the molecule is COc1ccc2[nH]cc(C3(C(=O)NCCc4ccccc4F)CC3)c2c1. The first kappa shape index (κ1) is 16.6. The molecule has 4 rings (SSSR count).